The summed E-state index contributed by atoms with van der Waals surface area (Å²) in [6.07, 6.45) is 2.29. The SMILES string of the molecule is CS(=O)(=O)CCNC(=O)c1c[nH]c(=O)c(Cl)c1. The Labute approximate surface area is 103 Å². The Morgan fingerprint density at radius 2 is 2.18 bits per heavy atom. The molecule has 0 fully saturated rings. The lowest BCUT2D eigenvalue weighted by Gasteiger charge is -2.04. The van der Waals surface area contributed by atoms with E-state index in [1.165, 1.54) is 12.3 Å². The number of H-pyrrole nitrogens is 1. The maximum absolute atomic E-state index is 11.5. The molecule has 1 amide bonds. The van der Waals surface area contributed by atoms with Crippen molar-refractivity contribution < 1.29 is 13.2 Å². The maximum Gasteiger partial charge on any atom is 0.266 e. The zero-order chi connectivity index (χ0) is 13.1. The minimum atomic E-state index is -3.12. The third-order valence-corrected chi connectivity index (χ3v) is 3.10. The van der Waals surface area contributed by atoms with Crippen LogP contribution in [-0.4, -0.2) is 37.9 Å². The van der Waals surface area contributed by atoms with Crippen LogP contribution in [-0.2, 0) is 9.84 Å². The van der Waals surface area contributed by atoms with Gasteiger partial charge in [0.1, 0.15) is 14.9 Å². The second-order valence-corrected chi connectivity index (χ2v) is 6.12. The van der Waals surface area contributed by atoms with Gasteiger partial charge in [-0.3, -0.25) is 9.59 Å². The van der Waals surface area contributed by atoms with Gasteiger partial charge in [0.15, 0.2) is 0 Å². The van der Waals surface area contributed by atoms with Gasteiger partial charge in [-0.25, -0.2) is 8.42 Å². The van der Waals surface area contributed by atoms with Gasteiger partial charge >= 0.3 is 0 Å². The molecule has 1 aromatic heterocycles. The molecule has 0 saturated carbocycles. The van der Waals surface area contributed by atoms with Crippen LogP contribution in [0, 0.1) is 0 Å². The van der Waals surface area contributed by atoms with Crippen LogP contribution in [0.5, 0.6) is 0 Å². The Morgan fingerprint density at radius 3 is 2.71 bits per heavy atom. The number of hydrogen-bond acceptors (Lipinski definition) is 4. The standard InChI is InChI=1S/C9H11ClN2O4S/c1-17(15,16)3-2-11-8(13)6-4-7(10)9(14)12-5-6/h4-5H,2-3H2,1H3,(H,11,13)(H,12,14). The minimum Gasteiger partial charge on any atom is -0.351 e. The number of carbonyl (C=O) groups excluding carboxylic acids is 1. The lowest BCUT2D eigenvalue weighted by molar-refractivity contribution is 0.0955. The predicted molar refractivity (Wildman–Crippen MR) is 64.1 cm³/mol. The van der Waals surface area contributed by atoms with Crippen molar-refractivity contribution in [1.82, 2.24) is 10.3 Å². The van der Waals surface area contributed by atoms with Gasteiger partial charge in [0, 0.05) is 19.0 Å². The summed E-state index contributed by atoms with van der Waals surface area (Å²) >= 11 is 5.54. The molecule has 0 radical (unpaired) electrons. The van der Waals surface area contributed by atoms with E-state index in [0.29, 0.717) is 0 Å². The van der Waals surface area contributed by atoms with Crippen LogP contribution < -0.4 is 10.9 Å². The third-order valence-electron chi connectivity index (χ3n) is 1.88. The van der Waals surface area contributed by atoms with Crippen LogP contribution in [0.4, 0.5) is 0 Å². The van der Waals surface area contributed by atoms with Gasteiger partial charge in [0.2, 0.25) is 0 Å². The number of hydrogen-bond donors (Lipinski definition) is 2. The molecule has 0 aromatic carbocycles. The second-order valence-electron chi connectivity index (χ2n) is 3.45. The number of aromatic amines is 1. The molecule has 0 unspecified atom stereocenters. The Bertz CT molecular complexity index is 579. The monoisotopic (exact) mass is 278 g/mol. The summed E-state index contributed by atoms with van der Waals surface area (Å²) in [5.74, 6) is -0.637. The molecule has 94 valence electrons. The molecule has 17 heavy (non-hydrogen) atoms. The quantitative estimate of drug-likeness (QED) is 0.797. The van der Waals surface area contributed by atoms with E-state index in [1.54, 1.807) is 0 Å². The van der Waals surface area contributed by atoms with Crippen molar-refractivity contribution in [2.45, 2.75) is 0 Å². The summed E-state index contributed by atoms with van der Waals surface area (Å²) in [6.45, 7) is 0.00835. The topological polar surface area (TPSA) is 96.1 Å². The molecule has 0 aliphatic carbocycles. The first kappa shape index (κ1) is 13.7. The van der Waals surface area contributed by atoms with E-state index in [9.17, 15) is 18.0 Å². The van der Waals surface area contributed by atoms with Crippen LogP contribution >= 0.6 is 11.6 Å². The highest BCUT2D eigenvalue weighted by Gasteiger charge is 2.09. The number of halogens is 1. The molecule has 1 aromatic rings. The largest absolute Gasteiger partial charge is 0.351 e. The molecule has 1 heterocycles. The first-order valence-electron chi connectivity index (χ1n) is 4.64. The highest BCUT2D eigenvalue weighted by molar-refractivity contribution is 7.90. The summed E-state index contributed by atoms with van der Waals surface area (Å²) in [6, 6.07) is 1.22. The Morgan fingerprint density at radius 1 is 1.53 bits per heavy atom. The highest BCUT2D eigenvalue weighted by Crippen LogP contribution is 2.03. The minimum absolute atomic E-state index is 0.00835. The summed E-state index contributed by atoms with van der Waals surface area (Å²) in [5.41, 5.74) is -0.317. The average molecular weight is 279 g/mol. The molecule has 0 saturated heterocycles. The van der Waals surface area contributed by atoms with E-state index in [1.807, 2.05) is 0 Å². The maximum atomic E-state index is 11.5. The number of rotatable bonds is 4. The van der Waals surface area contributed by atoms with Crippen molar-refractivity contribution >= 4 is 27.3 Å². The fourth-order valence-corrected chi connectivity index (χ4v) is 1.68. The highest BCUT2D eigenvalue weighted by atomic mass is 35.5. The molecule has 0 atom stereocenters. The lowest BCUT2D eigenvalue weighted by Crippen LogP contribution is -2.29. The van der Waals surface area contributed by atoms with E-state index < -0.39 is 21.3 Å². The molecule has 0 aliphatic heterocycles. The van der Waals surface area contributed by atoms with Crippen LogP contribution in [0.2, 0.25) is 5.02 Å². The molecule has 8 heteroatoms. The summed E-state index contributed by atoms with van der Waals surface area (Å²) in [4.78, 5) is 24.7. The molecule has 0 aliphatic rings. The zero-order valence-electron chi connectivity index (χ0n) is 8.99. The van der Waals surface area contributed by atoms with Gasteiger partial charge in [-0.2, -0.15) is 0 Å². The summed E-state index contributed by atoms with van der Waals surface area (Å²) in [5, 5.41) is 2.31. The number of aromatic nitrogens is 1. The van der Waals surface area contributed by atoms with Gasteiger partial charge in [-0.1, -0.05) is 11.6 Å². The van der Waals surface area contributed by atoms with Crippen LogP contribution in [0.15, 0.2) is 17.1 Å². The fraction of sp³-hybridized carbons (Fsp3) is 0.333. The van der Waals surface area contributed by atoms with E-state index in [4.69, 9.17) is 11.6 Å². The van der Waals surface area contributed by atoms with Crippen LogP contribution in [0.1, 0.15) is 10.4 Å². The molecular formula is C9H11ClN2O4S. The fourth-order valence-electron chi connectivity index (χ4n) is 1.04. The summed E-state index contributed by atoms with van der Waals surface area (Å²) in [7, 11) is -3.12. The Hall–Kier alpha value is -1.34. The van der Waals surface area contributed by atoms with Crippen molar-refractivity contribution in [2.24, 2.45) is 0 Å². The van der Waals surface area contributed by atoms with Crippen molar-refractivity contribution in [1.29, 1.82) is 0 Å². The number of nitrogens with one attached hydrogen (secondary N) is 2. The van der Waals surface area contributed by atoms with Gasteiger partial charge in [-0.05, 0) is 6.07 Å². The van der Waals surface area contributed by atoms with Crippen molar-refractivity contribution in [3.63, 3.8) is 0 Å². The van der Waals surface area contributed by atoms with E-state index >= 15 is 0 Å². The van der Waals surface area contributed by atoms with Gasteiger partial charge in [-0.15, -0.1) is 0 Å². The van der Waals surface area contributed by atoms with Crippen LogP contribution in [0.3, 0.4) is 0 Å². The van der Waals surface area contributed by atoms with E-state index in [-0.39, 0.29) is 22.9 Å². The normalized spacial score (nSPS) is 11.2. The van der Waals surface area contributed by atoms with Crippen molar-refractivity contribution in [2.75, 3.05) is 18.6 Å². The van der Waals surface area contributed by atoms with Gasteiger partial charge < -0.3 is 10.3 Å². The molecule has 6 nitrogen and oxygen atoms in total. The second kappa shape index (κ2) is 5.33. The number of amides is 1. The summed E-state index contributed by atoms with van der Waals surface area (Å²) < 4.78 is 21.7. The lowest BCUT2D eigenvalue weighted by atomic mass is 10.3. The molecule has 2 N–H and O–H groups in total. The molecule has 1 rings (SSSR count). The first-order valence-corrected chi connectivity index (χ1v) is 7.07. The number of sulfone groups is 1. The number of carbonyl (C=O) groups is 1. The van der Waals surface area contributed by atoms with Crippen LogP contribution in [0.25, 0.3) is 0 Å². The molecule has 0 bridgehead atoms. The van der Waals surface area contributed by atoms with E-state index in [0.717, 1.165) is 6.26 Å². The Balaban J connectivity index is 2.65. The Kier molecular flexibility index (Phi) is 4.30. The van der Waals surface area contributed by atoms with Gasteiger partial charge in [0.05, 0.1) is 11.3 Å². The molecule has 0 spiro atoms. The average Bonchev–Trinajstić information content (AvgIpc) is 2.20. The molecular weight excluding hydrogens is 268 g/mol. The zero-order valence-corrected chi connectivity index (χ0v) is 10.6. The predicted octanol–water partition coefficient (Wildman–Crippen LogP) is -0.197. The van der Waals surface area contributed by atoms with Gasteiger partial charge in [0.25, 0.3) is 11.5 Å². The van der Waals surface area contributed by atoms with Crippen molar-refractivity contribution in [3.8, 4) is 0 Å². The smallest absolute Gasteiger partial charge is 0.266 e. The first-order chi connectivity index (χ1) is 7.79. The third kappa shape index (κ3) is 4.58. The van der Waals surface area contributed by atoms with Crippen molar-refractivity contribution in [3.05, 3.63) is 33.2 Å². The van der Waals surface area contributed by atoms with E-state index in [2.05, 4.69) is 10.3 Å². The number of pyridine rings is 1.